The van der Waals surface area contributed by atoms with Gasteiger partial charge >= 0.3 is 0 Å². The molecule has 21 nitrogen and oxygen atoms in total. The summed E-state index contributed by atoms with van der Waals surface area (Å²) >= 11 is 9.94. The van der Waals surface area contributed by atoms with Crippen molar-refractivity contribution >= 4 is 143 Å². The van der Waals surface area contributed by atoms with Gasteiger partial charge in [-0.2, -0.15) is 0 Å². The number of carbonyl (C=O) groups is 3. The van der Waals surface area contributed by atoms with E-state index in [1.807, 2.05) is 36.4 Å². The average Bonchev–Trinajstić information content (AvgIpc) is 1.64. The molecule has 9 heterocycles. The van der Waals surface area contributed by atoms with Crippen LogP contribution < -0.4 is 43.6 Å². The van der Waals surface area contributed by atoms with Crippen LogP contribution in [0.3, 0.4) is 0 Å². The Kier molecular flexibility index (Phi) is 19.0. The van der Waals surface area contributed by atoms with Crippen LogP contribution in [0.15, 0.2) is 207 Å². The van der Waals surface area contributed by atoms with E-state index in [0.29, 0.717) is 64.9 Å². The highest BCUT2D eigenvalue weighted by molar-refractivity contribution is 7.93. The molecule has 3 atom stereocenters. The first-order chi connectivity index (χ1) is 47.9. The number of halogens is 2. The van der Waals surface area contributed by atoms with Gasteiger partial charge in [-0.15, -0.1) is 34.0 Å². The lowest BCUT2D eigenvalue weighted by atomic mass is 9.98. The van der Waals surface area contributed by atoms with Crippen molar-refractivity contribution in [3.63, 3.8) is 0 Å². The van der Waals surface area contributed by atoms with Gasteiger partial charge in [0.25, 0.3) is 30.1 Å². The Morgan fingerprint density at radius 2 is 0.859 bits per heavy atom. The number of benzene rings is 7. The van der Waals surface area contributed by atoms with Gasteiger partial charge in [-0.05, 0) is 182 Å². The molecule has 3 amide bonds. The van der Waals surface area contributed by atoms with Gasteiger partial charge in [0.05, 0.1) is 14.7 Å². The molecule has 99 heavy (non-hydrogen) atoms. The third-order valence-corrected chi connectivity index (χ3v) is 25.2. The SMILES string of the molecule is O=C1[C@@H](N2CCCc3cc(F)ccc32)CCN1c1ccc(S(=O)(=O)Nc2nccs2)cc1.O=C1[C@@H](N2CCc3c(Cl)cccc32)CCN1c1ccc(S(=O)(=O)Nc2nccs2)cc1.O=C1[C@H](N2CCc3c(-c4ccccc4)cccc32)CCN1c1ccc(S(=O)(=O)Nc2nccs2)cc1.[HH].[HH]. The summed E-state index contributed by atoms with van der Waals surface area (Å²) in [5.41, 5.74) is 10.9. The zero-order valence-corrected chi connectivity index (χ0v) is 58.5. The fraction of sp³-hybridized carbons (Fsp3) is 0.229. The molecule has 512 valence electrons. The molecule has 16 rings (SSSR count). The van der Waals surface area contributed by atoms with Crippen molar-refractivity contribution in [2.75, 3.05) is 82.8 Å². The molecular formula is C70H68ClFN12O9S6. The summed E-state index contributed by atoms with van der Waals surface area (Å²) in [6.45, 7) is 4.05. The number of thiazole rings is 3. The largest absolute Gasteiger partial charge is 0.359 e. The summed E-state index contributed by atoms with van der Waals surface area (Å²) in [5, 5.41) is 6.76. The van der Waals surface area contributed by atoms with Crippen molar-refractivity contribution in [3.8, 4) is 11.1 Å². The van der Waals surface area contributed by atoms with Gasteiger partial charge < -0.3 is 29.4 Å². The Morgan fingerprint density at radius 1 is 0.444 bits per heavy atom. The molecule has 0 unspecified atom stereocenters. The summed E-state index contributed by atoms with van der Waals surface area (Å²) < 4.78 is 96.4. The van der Waals surface area contributed by atoms with Crippen molar-refractivity contribution in [2.45, 2.75) is 77.8 Å². The number of hydrogen-bond acceptors (Lipinski definition) is 18. The van der Waals surface area contributed by atoms with Gasteiger partial charge in [-0.1, -0.05) is 60.1 Å². The fourth-order valence-electron chi connectivity index (χ4n) is 13.7. The van der Waals surface area contributed by atoms with Crippen LogP contribution in [0.2, 0.25) is 5.02 Å². The van der Waals surface area contributed by atoms with E-state index < -0.39 is 30.1 Å². The third kappa shape index (κ3) is 13.9. The van der Waals surface area contributed by atoms with Crippen LogP contribution in [0.4, 0.5) is 53.9 Å². The number of nitrogens with one attached hydrogen (secondary N) is 3. The summed E-state index contributed by atoms with van der Waals surface area (Å²) in [6, 6.07) is 45.6. The average molecular weight is 1470 g/mol. The monoisotopic (exact) mass is 1470 g/mol. The van der Waals surface area contributed by atoms with E-state index in [1.54, 1.807) is 85.6 Å². The van der Waals surface area contributed by atoms with Gasteiger partial charge in [0.2, 0.25) is 17.7 Å². The van der Waals surface area contributed by atoms with E-state index in [9.17, 15) is 44.0 Å². The lowest BCUT2D eigenvalue weighted by Crippen LogP contribution is -2.44. The van der Waals surface area contributed by atoms with Crippen LogP contribution >= 0.6 is 45.6 Å². The van der Waals surface area contributed by atoms with E-state index in [0.717, 1.165) is 85.0 Å². The third-order valence-electron chi connectivity index (χ3n) is 18.3. The molecule has 0 aliphatic carbocycles. The summed E-state index contributed by atoms with van der Waals surface area (Å²) in [4.78, 5) is 63.8. The van der Waals surface area contributed by atoms with E-state index in [2.05, 4.69) is 74.1 Å². The molecule has 3 saturated heterocycles. The smallest absolute Gasteiger partial charge is 0.263 e. The first kappa shape index (κ1) is 66.9. The fourth-order valence-corrected chi connectivity index (χ4v) is 19.4. The van der Waals surface area contributed by atoms with Gasteiger partial charge in [0.15, 0.2) is 15.4 Å². The second kappa shape index (κ2) is 28.1. The number of amides is 3. The van der Waals surface area contributed by atoms with Gasteiger partial charge in [-0.3, -0.25) is 28.5 Å². The maximum absolute atomic E-state index is 13.6. The molecule has 29 heteroatoms. The highest BCUT2D eigenvalue weighted by Gasteiger charge is 2.42. The van der Waals surface area contributed by atoms with Crippen molar-refractivity contribution in [2.24, 2.45) is 0 Å². The first-order valence-electron chi connectivity index (χ1n) is 31.9. The zero-order chi connectivity index (χ0) is 68.6. The quantitative estimate of drug-likeness (QED) is 0.0814. The van der Waals surface area contributed by atoms with E-state index in [1.165, 1.54) is 106 Å². The predicted octanol–water partition coefficient (Wildman–Crippen LogP) is 12.7. The number of hydrogen-bond donors (Lipinski definition) is 3. The van der Waals surface area contributed by atoms with Gasteiger partial charge in [0, 0.05) is 116 Å². The minimum absolute atomic E-state index is 0. The summed E-state index contributed by atoms with van der Waals surface area (Å²) in [6.07, 6.45) is 10.1. The number of fused-ring (bicyclic) bond motifs is 3. The van der Waals surface area contributed by atoms with E-state index >= 15 is 0 Å². The molecule has 7 aromatic carbocycles. The molecule has 3 fully saturated rings. The number of aromatic nitrogens is 3. The molecule has 0 bridgehead atoms. The topological polar surface area (TPSA) is 248 Å². The molecule has 6 aliphatic rings. The molecule has 0 radical (unpaired) electrons. The minimum atomic E-state index is -3.75. The molecular weight excluding hydrogens is 1400 g/mol. The summed E-state index contributed by atoms with van der Waals surface area (Å²) in [7, 11) is -11.2. The van der Waals surface area contributed by atoms with Crippen LogP contribution in [0.25, 0.3) is 11.1 Å². The Bertz CT molecular complexity index is 4990. The highest BCUT2D eigenvalue weighted by Crippen LogP contribution is 2.42. The molecule has 3 N–H and O–H groups in total. The molecule has 0 spiro atoms. The van der Waals surface area contributed by atoms with Crippen molar-refractivity contribution in [3.05, 3.63) is 220 Å². The lowest BCUT2D eigenvalue weighted by Gasteiger charge is -2.35. The number of aryl methyl sites for hydroxylation is 1. The molecule has 10 aromatic rings. The van der Waals surface area contributed by atoms with E-state index in [4.69, 9.17) is 11.6 Å². The maximum atomic E-state index is 13.6. The molecule has 6 aliphatic heterocycles. The number of nitrogens with zero attached hydrogens (tertiary/aromatic N) is 9. The highest BCUT2D eigenvalue weighted by atomic mass is 35.5. The van der Waals surface area contributed by atoms with Crippen molar-refractivity contribution < 1.29 is 46.9 Å². The second-order valence-corrected chi connectivity index (χ2v) is 32.2. The standard InChI is InChI=1S/C27H24N4O3S2.C22H21FN4O3S2.C21H19ClN4O3S2.2H2/c32-26-25(31-16-13-23-22(7-4-8-24(23)31)19-5-2-1-3-6-19)14-17-30(26)20-9-11-21(12-10-20)36(33,34)29-27-28-15-18-35-27;23-16-3-8-19-15(14-16)2-1-11-27(19)20-9-12-26(21(20)28)17-4-6-18(7-5-17)32(29,30)25-22-24-10-13-31-22;22-17-2-1-3-18-16(17)8-11-26(18)19-9-12-25(20(19)27)14-4-6-15(7-5-14)31(28,29)24-21-23-10-13-30-21;;/h1-12,15,18,25H,13-14,16-17H2,(H,28,29);3-8,10,13-14,20H,1-2,9,11-12H2,(H,24,25);1-7,10,13,19H,8-9,11-12H2,(H,23,24);2*1H/t25-;20-;19-;;/m100../s1. The Morgan fingerprint density at radius 3 is 1.29 bits per heavy atom. The van der Waals surface area contributed by atoms with Crippen LogP contribution in [-0.4, -0.2) is 115 Å². The van der Waals surface area contributed by atoms with Crippen molar-refractivity contribution in [1.82, 2.24) is 15.0 Å². The van der Waals surface area contributed by atoms with Crippen LogP contribution in [0.5, 0.6) is 0 Å². The Labute approximate surface area is 592 Å². The number of anilines is 9. The lowest BCUT2D eigenvalue weighted by molar-refractivity contribution is -0.119. The summed E-state index contributed by atoms with van der Waals surface area (Å²) in [5.74, 6) is -0.225. The zero-order valence-electron chi connectivity index (χ0n) is 52.8. The first-order valence-corrected chi connectivity index (χ1v) is 39.4. The Hall–Kier alpha value is -9.29. The molecule has 0 saturated carbocycles. The van der Waals surface area contributed by atoms with Gasteiger partial charge in [0.1, 0.15) is 23.9 Å². The van der Waals surface area contributed by atoms with Crippen molar-refractivity contribution in [1.29, 1.82) is 0 Å². The van der Waals surface area contributed by atoms with Gasteiger partial charge in [-0.25, -0.2) is 44.6 Å². The van der Waals surface area contributed by atoms with Crippen LogP contribution in [0, 0.1) is 5.82 Å². The normalized spacial score (nSPS) is 18.2. The number of carbonyl (C=O) groups excluding carboxylic acids is 3. The minimum Gasteiger partial charge on any atom is -0.359 e. The number of sulfonamides is 3. The number of rotatable bonds is 16. The Balaban J connectivity index is 0.000000142. The second-order valence-electron chi connectivity index (χ2n) is 24.1. The van der Waals surface area contributed by atoms with E-state index in [-0.39, 0.29) is 59.2 Å². The predicted molar refractivity (Wildman–Crippen MR) is 392 cm³/mol. The molecule has 3 aromatic heterocycles. The maximum Gasteiger partial charge on any atom is 0.263 e. The van der Waals surface area contributed by atoms with Crippen LogP contribution in [0.1, 0.15) is 45.2 Å². The van der Waals surface area contributed by atoms with Crippen LogP contribution in [-0.2, 0) is 63.7 Å².